The van der Waals surface area contributed by atoms with Gasteiger partial charge in [0.2, 0.25) is 0 Å². The van der Waals surface area contributed by atoms with Crippen LogP contribution in [0.4, 0.5) is 0 Å². The highest BCUT2D eigenvalue weighted by Gasteiger charge is 2.16. The van der Waals surface area contributed by atoms with Gasteiger partial charge in [-0.25, -0.2) is 5.84 Å². The number of nitrogens with zero attached hydrogens (tertiary/aromatic N) is 1. The number of piperidine rings is 1. The summed E-state index contributed by atoms with van der Waals surface area (Å²) in [4.78, 5) is 2.36. The van der Waals surface area contributed by atoms with E-state index in [1.165, 1.54) is 19.4 Å². The number of hydrogen-bond donors (Lipinski definition) is 3. The number of hydrazine groups is 1. The van der Waals surface area contributed by atoms with Crippen LogP contribution in [0, 0.1) is 5.92 Å². The van der Waals surface area contributed by atoms with Gasteiger partial charge in [-0.1, -0.05) is 0 Å². The lowest BCUT2D eigenvalue weighted by atomic mass is 9.99. The van der Waals surface area contributed by atoms with Crippen LogP contribution in [0.5, 0.6) is 0 Å². The van der Waals surface area contributed by atoms with E-state index in [1.54, 1.807) is 0 Å². The molecule has 13 heavy (non-hydrogen) atoms. The second-order valence-corrected chi connectivity index (χ2v) is 4.03. The first kappa shape index (κ1) is 10.7. The van der Waals surface area contributed by atoms with Crippen LogP contribution in [0.2, 0.25) is 0 Å². The van der Waals surface area contributed by atoms with Crippen molar-refractivity contribution in [2.24, 2.45) is 11.8 Å². The van der Waals surface area contributed by atoms with Crippen molar-refractivity contribution >= 4 is 17.3 Å². The Morgan fingerprint density at radius 1 is 1.69 bits per heavy atom. The fourth-order valence-electron chi connectivity index (χ4n) is 1.73. The van der Waals surface area contributed by atoms with E-state index in [-0.39, 0.29) is 0 Å². The predicted octanol–water partition coefficient (Wildman–Crippen LogP) is -0.334. The summed E-state index contributed by atoms with van der Waals surface area (Å²) in [6, 6.07) is 0. The Morgan fingerprint density at radius 3 is 3.08 bits per heavy atom. The molecule has 0 aromatic heterocycles. The van der Waals surface area contributed by atoms with Gasteiger partial charge >= 0.3 is 0 Å². The molecule has 0 saturated carbocycles. The topological polar surface area (TPSA) is 53.3 Å². The van der Waals surface area contributed by atoms with E-state index in [1.807, 2.05) is 0 Å². The third-order valence-electron chi connectivity index (χ3n) is 2.40. The third kappa shape index (κ3) is 3.89. The summed E-state index contributed by atoms with van der Waals surface area (Å²) in [5, 5.41) is 3.63. The van der Waals surface area contributed by atoms with Crippen molar-refractivity contribution in [3.8, 4) is 0 Å². The second kappa shape index (κ2) is 5.36. The number of nitrogens with one attached hydrogen (secondary N) is 2. The van der Waals surface area contributed by atoms with E-state index in [2.05, 4.69) is 22.7 Å². The van der Waals surface area contributed by atoms with Crippen LogP contribution < -0.4 is 16.6 Å². The number of likely N-dealkylation sites (tertiary alicyclic amines) is 1. The maximum Gasteiger partial charge on any atom is 0.180 e. The molecular weight excluding hydrogens is 184 g/mol. The van der Waals surface area contributed by atoms with E-state index in [0.29, 0.717) is 11.0 Å². The van der Waals surface area contributed by atoms with Crippen molar-refractivity contribution in [1.82, 2.24) is 15.6 Å². The quantitative estimate of drug-likeness (QED) is 0.325. The lowest BCUT2D eigenvalue weighted by Crippen LogP contribution is -2.44. The molecule has 1 saturated heterocycles. The molecule has 0 bridgehead atoms. The smallest absolute Gasteiger partial charge is 0.180 e. The Hall–Kier alpha value is -0.390. The molecule has 0 radical (unpaired) electrons. The summed E-state index contributed by atoms with van der Waals surface area (Å²) in [5.41, 5.74) is 2.42. The average molecular weight is 202 g/mol. The maximum absolute atomic E-state index is 5.15. The van der Waals surface area contributed by atoms with Crippen LogP contribution in [-0.4, -0.2) is 36.7 Å². The van der Waals surface area contributed by atoms with Crippen LogP contribution in [0.15, 0.2) is 0 Å². The van der Waals surface area contributed by atoms with Crippen LogP contribution in [0.3, 0.4) is 0 Å². The van der Waals surface area contributed by atoms with E-state index in [0.717, 1.165) is 13.1 Å². The summed E-state index contributed by atoms with van der Waals surface area (Å²) >= 11 is 4.89. The molecular formula is C8H18N4S. The van der Waals surface area contributed by atoms with Gasteiger partial charge in [0.25, 0.3) is 0 Å². The molecule has 5 heteroatoms. The average Bonchev–Trinajstić information content (AvgIpc) is 2.14. The van der Waals surface area contributed by atoms with Gasteiger partial charge in [0.05, 0.1) is 0 Å². The lowest BCUT2D eigenvalue weighted by molar-refractivity contribution is 0.210. The van der Waals surface area contributed by atoms with Crippen LogP contribution in [0.1, 0.15) is 12.8 Å². The Kier molecular flexibility index (Phi) is 4.41. The van der Waals surface area contributed by atoms with Crippen molar-refractivity contribution in [3.63, 3.8) is 0 Å². The van der Waals surface area contributed by atoms with E-state index < -0.39 is 0 Å². The number of nitrogens with two attached hydrogens (primary N) is 1. The number of thiocarbonyl (C=S) groups is 1. The normalized spacial score (nSPS) is 24.0. The number of hydrogen-bond acceptors (Lipinski definition) is 3. The van der Waals surface area contributed by atoms with Crippen molar-refractivity contribution in [1.29, 1.82) is 0 Å². The van der Waals surface area contributed by atoms with Gasteiger partial charge in [0.1, 0.15) is 0 Å². The van der Waals surface area contributed by atoms with Crippen molar-refractivity contribution < 1.29 is 0 Å². The van der Waals surface area contributed by atoms with Gasteiger partial charge < -0.3 is 15.6 Å². The predicted molar refractivity (Wildman–Crippen MR) is 58.1 cm³/mol. The lowest BCUT2D eigenvalue weighted by Gasteiger charge is -2.29. The molecule has 1 rings (SSSR count). The fourth-order valence-corrected chi connectivity index (χ4v) is 1.81. The molecule has 0 aromatic carbocycles. The largest absolute Gasteiger partial charge is 0.361 e. The first-order chi connectivity index (χ1) is 6.22. The molecule has 4 N–H and O–H groups in total. The second-order valence-electron chi connectivity index (χ2n) is 3.62. The van der Waals surface area contributed by atoms with Crippen LogP contribution in [0.25, 0.3) is 0 Å². The molecule has 76 valence electrons. The molecule has 0 aromatic rings. The van der Waals surface area contributed by atoms with Crippen molar-refractivity contribution in [2.75, 3.05) is 26.7 Å². The molecule has 0 spiro atoms. The van der Waals surface area contributed by atoms with Gasteiger partial charge in [-0.2, -0.15) is 0 Å². The summed E-state index contributed by atoms with van der Waals surface area (Å²) < 4.78 is 0. The molecule has 1 aliphatic rings. The van der Waals surface area contributed by atoms with Crippen molar-refractivity contribution in [3.05, 3.63) is 0 Å². The highest BCUT2D eigenvalue weighted by atomic mass is 32.1. The zero-order valence-corrected chi connectivity index (χ0v) is 8.86. The Bertz CT molecular complexity index is 174. The first-order valence-corrected chi connectivity index (χ1v) is 5.06. The highest BCUT2D eigenvalue weighted by molar-refractivity contribution is 7.80. The highest BCUT2D eigenvalue weighted by Crippen LogP contribution is 2.13. The molecule has 4 nitrogen and oxygen atoms in total. The molecule has 0 aliphatic carbocycles. The van der Waals surface area contributed by atoms with Gasteiger partial charge in [0, 0.05) is 13.1 Å². The van der Waals surface area contributed by atoms with E-state index in [9.17, 15) is 0 Å². The minimum absolute atomic E-state index is 0.535. The van der Waals surface area contributed by atoms with Crippen LogP contribution in [-0.2, 0) is 0 Å². The van der Waals surface area contributed by atoms with Crippen LogP contribution >= 0.6 is 12.2 Å². The van der Waals surface area contributed by atoms with Crippen molar-refractivity contribution in [2.45, 2.75) is 12.8 Å². The molecule has 1 unspecified atom stereocenters. The minimum Gasteiger partial charge on any atom is -0.361 e. The fraction of sp³-hybridized carbons (Fsp3) is 0.875. The first-order valence-electron chi connectivity index (χ1n) is 4.65. The zero-order chi connectivity index (χ0) is 9.68. The van der Waals surface area contributed by atoms with E-state index >= 15 is 0 Å². The standard InChI is InChI=1S/C8H18N4S/c1-12-4-2-3-7(6-12)5-10-8(13)11-9/h7H,2-6,9H2,1H3,(H2,10,11,13). The monoisotopic (exact) mass is 202 g/mol. The van der Waals surface area contributed by atoms with Gasteiger partial charge in [-0.3, -0.25) is 0 Å². The minimum atomic E-state index is 0.535. The Labute approximate surface area is 84.8 Å². The van der Waals surface area contributed by atoms with Gasteiger partial charge in [0.15, 0.2) is 5.11 Å². The molecule has 1 heterocycles. The summed E-state index contributed by atoms with van der Waals surface area (Å²) in [7, 11) is 2.16. The third-order valence-corrected chi connectivity index (χ3v) is 2.67. The Morgan fingerprint density at radius 2 is 2.46 bits per heavy atom. The Balaban J connectivity index is 2.17. The molecule has 1 aliphatic heterocycles. The summed E-state index contributed by atoms with van der Waals surface area (Å²) in [6.45, 7) is 3.30. The number of rotatable bonds is 2. The molecule has 0 amide bonds. The van der Waals surface area contributed by atoms with E-state index in [4.69, 9.17) is 18.1 Å². The van der Waals surface area contributed by atoms with Gasteiger partial charge in [-0.15, -0.1) is 0 Å². The zero-order valence-electron chi connectivity index (χ0n) is 8.05. The maximum atomic E-state index is 5.15. The SMILES string of the molecule is CN1CCCC(CNC(=S)NN)C1. The summed E-state index contributed by atoms with van der Waals surface area (Å²) in [6.07, 6.45) is 2.57. The molecule has 1 fully saturated rings. The molecule has 1 atom stereocenters. The van der Waals surface area contributed by atoms with Gasteiger partial charge in [-0.05, 0) is 44.6 Å². The summed E-state index contributed by atoms with van der Waals surface area (Å²) in [5.74, 6) is 5.85.